The number of hydrogen-bond acceptors (Lipinski definition) is 8. The average molecular weight is 473 g/mol. The van der Waals surface area contributed by atoms with Gasteiger partial charge in [0, 0.05) is 11.9 Å². The van der Waals surface area contributed by atoms with Crippen molar-refractivity contribution >= 4 is 38.2 Å². The van der Waals surface area contributed by atoms with Crippen molar-refractivity contribution in [2.24, 2.45) is 5.73 Å². The third-order valence-electron chi connectivity index (χ3n) is 6.15. The fourth-order valence-electron chi connectivity index (χ4n) is 4.08. The summed E-state index contributed by atoms with van der Waals surface area (Å²) in [5, 5.41) is 10.9. The molecular formula is C22H25FN6O3S. The lowest BCUT2D eigenvalue weighted by molar-refractivity contribution is 0.397. The van der Waals surface area contributed by atoms with Gasteiger partial charge in [-0.1, -0.05) is 6.92 Å². The van der Waals surface area contributed by atoms with Crippen molar-refractivity contribution in [3.63, 3.8) is 0 Å². The van der Waals surface area contributed by atoms with Crippen molar-refractivity contribution in [1.29, 1.82) is 5.41 Å². The topological polar surface area (TPSA) is 144 Å². The highest BCUT2D eigenvalue weighted by molar-refractivity contribution is 7.93. The highest BCUT2D eigenvalue weighted by atomic mass is 32.2. The average Bonchev–Trinajstić information content (AvgIpc) is 2.73. The van der Waals surface area contributed by atoms with Gasteiger partial charge >= 0.3 is 0 Å². The number of anilines is 2. The quantitative estimate of drug-likeness (QED) is 0.335. The van der Waals surface area contributed by atoms with E-state index in [1.807, 2.05) is 0 Å². The molecule has 9 nitrogen and oxygen atoms in total. The van der Waals surface area contributed by atoms with Crippen LogP contribution in [0.2, 0.25) is 0 Å². The van der Waals surface area contributed by atoms with Crippen LogP contribution in [0, 0.1) is 11.2 Å². The van der Waals surface area contributed by atoms with E-state index in [4.69, 9.17) is 15.9 Å². The largest absolute Gasteiger partial charge is 0.480 e. The summed E-state index contributed by atoms with van der Waals surface area (Å²) in [4.78, 5) is 13.0. The number of ether oxygens (including phenoxy) is 1. The molecule has 3 aromatic rings. The van der Waals surface area contributed by atoms with Crippen LogP contribution in [0.3, 0.4) is 0 Å². The molecule has 33 heavy (non-hydrogen) atoms. The fraction of sp³-hybridized carbons (Fsp3) is 0.364. The summed E-state index contributed by atoms with van der Waals surface area (Å²) in [5.74, 6) is -0.997. The summed E-state index contributed by atoms with van der Waals surface area (Å²) in [6.07, 6.45) is 4.41. The van der Waals surface area contributed by atoms with E-state index < -0.39 is 26.3 Å². The molecule has 4 N–H and O–H groups in total. The van der Waals surface area contributed by atoms with E-state index in [0.717, 1.165) is 0 Å². The van der Waals surface area contributed by atoms with Crippen molar-refractivity contribution in [2.45, 2.75) is 36.9 Å². The molecule has 0 aliphatic heterocycles. The first-order chi connectivity index (χ1) is 15.7. The van der Waals surface area contributed by atoms with Gasteiger partial charge in [-0.05, 0) is 55.0 Å². The maximum atomic E-state index is 14.7. The molecule has 4 rings (SSSR count). The second kappa shape index (κ2) is 8.54. The number of aromatic nitrogens is 3. The molecule has 0 spiro atoms. The van der Waals surface area contributed by atoms with Gasteiger partial charge in [0.15, 0.2) is 15.7 Å². The van der Waals surface area contributed by atoms with Gasteiger partial charge in [0.1, 0.15) is 21.9 Å². The van der Waals surface area contributed by atoms with Crippen molar-refractivity contribution in [1.82, 2.24) is 15.0 Å². The van der Waals surface area contributed by atoms with E-state index >= 15 is 0 Å². The third-order valence-corrected chi connectivity index (χ3v) is 8.91. The van der Waals surface area contributed by atoms with Crippen molar-refractivity contribution in [2.75, 3.05) is 18.2 Å². The molecule has 1 aliphatic carbocycles. The summed E-state index contributed by atoms with van der Waals surface area (Å²) < 4.78 is 44.6. The summed E-state index contributed by atoms with van der Waals surface area (Å²) in [6.45, 7) is 1.65. The number of sulfone groups is 1. The van der Waals surface area contributed by atoms with Crippen LogP contribution in [0.25, 0.3) is 11.0 Å². The van der Waals surface area contributed by atoms with Crippen LogP contribution < -0.4 is 15.8 Å². The zero-order valence-electron chi connectivity index (χ0n) is 18.3. The smallest absolute Gasteiger partial charge is 0.232 e. The monoisotopic (exact) mass is 472 g/mol. The molecule has 0 radical (unpaired) electrons. The molecule has 1 aliphatic rings. The van der Waals surface area contributed by atoms with Gasteiger partial charge in [0.25, 0.3) is 0 Å². The Morgan fingerprint density at radius 1 is 1.33 bits per heavy atom. The zero-order valence-corrected chi connectivity index (χ0v) is 19.1. The Kier molecular flexibility index (Phi) is 5.91. The lowest BCUT2D eigenvalue weighted by atomic mass is 9.83. The van der Waals surface area contributed by atoms with Crippen LogP contribution in [0.1, 0.15) is 37.7 Å². The SMILES string of the molecule is COc1cnc2c(Nc3ccc(F)c(C(C)CS(=O)(=O)C4(C(=N)N)CCC4)c3)nccc2n1. The van der Waals surface area contributed by atoms with Crippen LogP contribution in [0.4, 0.5) is 15.9 Å². The molecule has 1 unspecified atom stereocenters. The first-order valence-electron chi connectivity index (χ1n) is 10.5. The first-order valence-corrected chi connectivity index (χ1v) is 12.1. The Labute approximate surface area is 191 Å². The minimum absolute atomic E-state index is 0.245. The summed E-state index contributed by atoms with van der Waals surface area (Å²) >= 11 is 0. The van der Waals surface area contributed by atoms with Gasteiger partial charge in [-0.25, -0.2) is 27.8 Å². The predicted octanol–water partition coefficient (Wildman–Crippen LogP) is 3.29. The van der Waals surface area contributed by atoms with Gasteiger partial charge in [-0.3, -0.25) is 5.41 Å². The number of benzene rings is 1. The minimum atomic E-state index is -3.73. The maximum Gasteiger partial charge on any atom is 0.232 e. The van der Waals surface area contributed by atoms with Gasteiger partial charge in [-0.2, -0.15) is 0 Å². The molecular weight excluding hydrogens is 447 g/mol. The number of fused-ring (bicyclic) bond motifs is 1. The Morgan fingerprint density at radius 3 is 2.73 bits per heavy atom. The lowest BCUT2D eigenvalue weighted by Crippen LogP contribution is -2.56. The van der Waals surface area contributed by atoms with E-state index in [1.165, 1.54) is 19.4 Å². The van der Waals surface area contributed by atoms with E-state index in [2.05, 4.69) is 20.3 Å². The van der Waals surface area contributed by atoms with Crippen molar-refractivity contribution in [3.05, 3.63) is 48.0 Å². The molecule has 0 amide bonds. The Morgan fingerprint density at radius 2 is 2.09 bits per heavy atom. The molecule has 0 bridgehead atoms. The standard InChI is InChI=1S/C22H25FN6O3S/c1-13(12-33(30,31)22(21(24)25)7-3-8-22)15-10-14(4-5-16(15)23)28-20-19-17(6-9-26-20)29-18(32-2)11-27-19/h4-6,9-11,13H,3,7-8,12H2,1-2H3,(H3,24,25)(H,26,28). The molecule has 1 aromatic carbocycles. The van der Waals surface area contributed by atoms with Crippen LogP contribution >= 0.6 is 0 Å². The molecule has 1 atom stereocenters. The molecule has 174 valence electrons. The van der Waals surface area contributed by atoms with Crippen LogP contribution in [0.15, 0.2) is 36.7 Å². The van der Waals surface area contributed by atoms with Gasteiger partial charge in [0.05, 0.1) is 24.6 Å². The molecule has 2 aromatic heterocycles. The van der Waals surface area contributed by atoms with Gasteiger partial charge in [0.2, 0.25) is 5.88 Å². The van der Waals surface area contributed by atoms with Crippen molar-refractivity contribution in [3.8, 4) is 5.88 Å². The highest BCUT2D eigenvalue weighted by Crippen LogP contribution is 2.41. The normalized spacial score (nSPS) is 16.1. The number of halogens is 1. The van der Waals surface area contributed by atoms with Gasteiger partial charge in [-0.15, -0.1) is 0 Å². The molecule has 2 heterocycles. The number of nitrogens with two attached hydrogens (primary N) is 1. The Balaban J connectivity index is 1.61. The number of amidine groups is 1. The Bertz CT molecular complexity index is 1330. The second-order valence-corrected chi connectivity index (χ2v) is 10.6. The minimum Gasteiger partial charge on any atom is -0.480 e. The number of pyridine rings is 1. The molecule has 0 saturated heterocycles. The number of nitrogens with one attached hydrogen (secondary N) is 2. The predicted molar refractivity (Wildman–Crippen MR) is 124 cm³/mol. The molecule has 11 heteroatoms. The van der Waals surface area contributed by atoms with Crippen molar-refractivity contribution < 1.29 is 17.5 Å². The van der Waals surface area contributed by atoms with E-state index in [0.29, 0.717) is 47.7 Å². The van der Waals surface area contributed by atoms with Gasteiger partial charge < -0.3 is 15.8 Å². The van der Waals surface area contributed by atoms with Crippen LogP contribution in [0.5, 0.6) is 5.88 Å². The third kappa shape index (κ3) is 4.08. The summed E-state index contributed by atoms with van der Waals surface area (Å²) in [7, 11) is -2.23. The fourth-order valence-corrected chi connectivity index (χ4v) is 6.48. The molecule has 1 saturated carbocycles. The molecule has 1 fully saturated rings. The summed E-state index contributed by atoms with van der Waals surface area (Å²) in [6, 6.07) is 6.09. The zero-order chi connectivity index (χ0) is 23.8. The van der Waals surface area contributed by atoms with Crippen LogP contribution in [-0.2, 0) is 9.84 Å². The maximum absolute atomic E-state index is 14.7. The first kappa shape index (κ1) is 22.8. The lowest BCUT2D eigenvalue weighted by Gasteiger charge is -2.40. The number of hydrogen-bond donors (Lipinski definition) is 3. The summed E-state index contributed by atoms with van der Waals surface area (Å²) in [5.41, 5.74) is 7.48. The van der Waals surface area contributed by atoms with E-state index in [-0.39, 0.29) is 17.2 Å². The highest BCUT2D eigenvalue weighted by Gasteiger charge is 2.51. The van der Waals surface area contributed by atoms with E-state index in [1.54, 1.807) is 31.3 Å². The number of methoxy groups -OCH3 is 1. The Hall–Kier alpha value is -3.34. The van der Waals surface area contributed by atoms with E-state index in [9.17, 15) is 12.8 Å². The number of nitrogens with zero attached hydrogens (tertiary/aromatic N) is 3. The number of rotatable bonds is 8. The van der Waals surface area contributed by atoms with Crippen LogP contribution in [-0.4, -0.2) is 46.8 Å². The second-order valence-electron chi connectivity index (χ2n) is 8.24.